The second kappa shape index (κ2) is 4.51. The Kier molecular flexibility index (Phi) is 2.83. The first-order chi connectivity index (χ1) is 9.16. The Bertz CT molecular complexity index is 757. The Labute approximate surface area is 113 Å². The average Bonchev–Trinajstić information content (AvgIpc) is 2.39. The highest BCUT2D eigenvalue weighted by molar-refractivity contribution is 5.96. The largest absolute Gasteiger partial charge is 0.256 e. The van der Waals surface area contributed by atoms with Gasteiger partial charge in [-0.2, -0.15) is 0 Å². The van der Waals surface area contributed by atoms with E-state index in [1.165, 1.54) is 33.0 Å². The van der Waals surface area contributed by atoms with Gasteiger partial charge in [0.1, 0.15) is 0 Å². The molecule has 0 saturated heterocycles. The van der Waals surface area contributed by atoms with Crippen molar-refractivity contribution in [3.05, 3.63) is 65.4 Å². The average molecular weight is 247 g/mol. The SMILES string of the molecule is Cc1ccc(-c2nccc3c(C)cccc23)c(C)c1. The minimum atomic E-state index is 1.08. The van der Waals surface area contributed by atoms with E-state index in [-0.39, 0.29) is 0 Å². The van der Waals surface area contributed by atoms with Gasteiger partial charge in [-0.3, -0.25) is 4.98 Å². The molecule has 0 atom stereocenters. The van der Waals surface area contributed by atoms with Gasteiger partial charge >= 0.3 is 0 Å². The number of aromatic nitrogens is 1. The third-order valence-electron chi connectivity index (χ3n) is 3.66. The topological polar surface area (TPSA) is 12.9 Å². The summed E-state index contributed by atoms with van der Waals surface area (Å²) in [5, 5.41) is 2.52. The zero-order valence-corrected chi connectivity index (χ0v) is 11.6. The maximum Gasteiger partial charge on any atom is 0.0783 e. The molecule has 0 radical (unpaired) electrons. The molecule has 0 amide bonds. The molecule has 3 rings (SSSR count). The maximum atomic E-state index is 4.61. The summed E-state index contributed by atoms with van der Waals surface area (Å²) in [6.45, 7) is 6.42. The molecule has 0 bridgehead atoms. The summed E-state index contributed by atoms with van der Waals surface area (Å²) in [4.78, 5) is 4.61. The number of aryl methyl sites for hydroxylation is 3. The smallest absolute Gasteiger partial charge is 0.0783 e. The quantitative estimate of drug-likeness (QED) is 0.600. The van der Waals surface area contributed by atoms with Gasteiger partial charge in [0, 0.05) is 17.1 Å². The highest BCUT2D eigenvalue weighted by Gasteiger charge is 2.08. The summed E-state index contributed by atoms with van der Waals surface area (Å²) in [6.07, 6.45) is 1.91. The Hall–Kier alpha value is -2.15. The minimum Gasteiger partial charge on any atom is -0.256 e. The van der Waals surface area contributed by atoms with Gasteiger partial charge in [-0.05, 0) is 43.4 Å². The van der Waals surface area contributed by atoms with Gasteiger partial charge in [0.25, 0.3) is 0 Å². The van der Waals surface area contributed by atoms with Crippen molar-refractivity contribution in [1.82, 2.24) is 4.98 Å². The van der Waals surface area contributed by atoms with Crippen molar-refractivity contribution in [1.29, 1.82) is 0 Å². The van der Waals surface area contributed by atoms with Crippen LogP contribution in [0, 0.1) is 20.8 Å². The fourth-order valence-electron chi connectivity index (χ4n) is 2.66. The lowest BCUT2D eigenvalue weighted by atomic mass is 9.97. The molecular weight excluding hydrogens is 230 g/mol. The van der Waals surface area contributed by atoms with Gasteiger partial charge in [-0.25, -0.2) is 0 Å². The van der Waals surface area contributed by atoms with Crippen molar-refractivity contribution < 1.29 is 0 Å². The molecule has 2 aromatic carbocycles. The van der Waals surface area contributed by atoms with Crippen LogP contribution >= 0.6 is 0 Å². The van der Waals surface area contributed by atoms with Crippen LogP contribution in [-0.2, 0) is 0 Å². The van der Waals surface area contributed by atoms with Crippen molar-refractivity contribution in [2.24, 2.45) is 0 Å². The van der Waals surface area contributed by atoms with Crippen LogP contribution in [0.25, 0.3) is 22.0 Å². The predicted molar refractivity (Wildman–Crippen MR) is 81.4 cm³/mol. The van der Waals surface area contributed by atoms with Crippen LogP contribution < -0.4 is 0 Å². The molecule has 1 aromatic heterocycles. The molecule has 0 saturated carbocycles. The van der Waals surface area contributed by atoms with E-state index in [0.717, 1.165) is 5.69 Å². The van der Waals surface area contributed by atoms with Crippen molar-refractivity contribution in [3.8, 4) is 11.3 Å². The number of fused-ring (bicyclic) bond motifs is 1. The maximum absolute atomic E-state index is 4.61. The normalized spacial score (nSPS) is 10.9. The molecule has 1 heteroatoms. The van der Waals surface area contributed by atoms with Gasteiger partial charge in [0.05, 0.1) is 5.69 Å². The first-order valence-corrected chi connectivity index (χ1v) is 6.59. The van der Waals surface area contributed by atoms with E-state index in [1.807, 2.05) is 6.20 Å². The Morgan fingerprint density at radius 3 is 2.42 bits per heavy atom. The van der Waals surface area contributed by atoms with Crippen LogP contribution in [0.5, 0.6) is 0 Å². The number of hydrogen-bond donors (Lipinski definition) is 0. The first kappa shape index (κ1) is 11.9. The molecule has 0 spiro atoms. The van der Waals surface area contributed by atoms with Gasteiger partial charge < -0.3 is 0 Å². The van der Waals surface area contributed by atoms with Crippen molar-refractivity contribution in [2.75, 3.05) is 0 Å². The van der Waals surface area contributed by atoms with E-state index in [9.17, 15) is 0 Å². The number of rotatable bonds is 1. The third kappa shape index (κ3) is 2.01. The molecule has 0 fully saturated rings. The third-order valence-corrected chi connectivity index (χ3v) is 3.66. The highest BCUT2D eigenvalue weighted by Crippen LogP contribution is 2.30. The van der Waals surface area contributed by atoms with Crippen molar-refractivity contribution >= 4 is 10.8 Å². The fourth-order valence-corrected chi connectivity index (χ4v) is 2.66. The Balaban J connectivity index is 2.34. The lowest BCUT2D eigenvalue weighted by Crippen LogP contribution is -1.90. The second-order valence-corrected chi connectivity index (χ2v) is 5.15. The van der Waals surface area contributed by atoms with Crippen LogP contribution in [0.3, 0.4) is 0 Å². The number of pyridine rings is 1. The van der Waals surface area contributed by atoms with E-state index in [2.05, 4.69) is 68.2 Å². The van der Waals surface area contributed by atoms with E-state index >= 15 is 0 Å². The zero-order chi connectivity index (χ0) is 13.4. The molecule has 94 valence electrons. The van der Waals surface area contributed by atoms with Gasteiger partial charge in [-0.1, -0.05) is 42.0 Å². The van der Waals surface area contributed by atoms with Crippen molar-refractivity contribution in [2.45, 2.75) is 20.8 Å². The molecule has 1 heterocycles. The van der Waals surface area contributed by atoms with Gasteiger partial charge in [0.15, 0.2) is 0 Å². The number of hydrogen-bond acceptors (Lipinski definition) is 1. The van der Waals surface area contributed by atoms with Crippen LogP contribution in [0.15, 0.2) is 48.7 Å². The standard InChI is InChI=1S/C18H17N/c1-12-7-8-16(14(3)11-12)18-17-6-4-5-13(2)15(17)9-10-19-18/h4-11H,1-3H3. The fraction of sp³-hybridized carbons (Fsp3) is 0.167. The number of benzene rings is 2. The summed E-state index contributed by atoms with van der Waals surface area (Å²) >= 11 is 0. The van der Waals surface area contributed by atoms with Crippen molar-refractivity contribution in [3.63, 3.8) is 0 Å². The summed E-state index contributed by atoms with van der Waals surface area (Å²) in [5.41, 5.74) is 6.17. The summed E-state index contributed by atoms with van der Waals surface area (Å²) in [7, 11) is 0. The molecule has 0 N–H and O–H groups in total. The van der Waals surface area contributed by atoms with Crippen LogP contribution in [-0.4, -0.2) is 4.98 Å². The monoisotopic (exact) mass is 247 g/mol. The zero-order valence-electron chi connectivity index (χ0n) is 11.6. The van der Waals surface area contributed by atoms with Crippen LogP contribution in [0.2, 0.25) is 0 Å². The summed E-state index contributed by atoms with van der Waals surface area (Å²) < 4.78 is 0. The second-order valence-electron chi connectivity index (χ2n) is 5.15. The van der Waals surface area contributed by atoms with E-state index in [1.54, 1.807) is 0 Å². The molecule has 19 heavy (non-hydrogen) atoms. The predicted octanol–water partition coefficient (Wildman–Crippen LogP) is 4.83. The minimum absolute atomic E-state index is 1.08. The number of nitrogens with zero attached hydrogens (tertiary/aromatic N) is 1. The first-order valence-electron chi connectivity index (χ1n) is 6.59. The van der Waals surface area contributed by atoms with E-state index in [4.69, 9.17) is 0 Å². The van der Waals surface area contributed by atoms with Crippen LogP contribution in [0.1, 0.15) is 16.7 Å². The molecule has 0 aliphatic rings. The summed E-state index contributed by atoms with van der Waals surface area (Å²) in [6, 6.07) is 15.0. The molecule has 1 nitrogen and oxygen atoms in total. The molecule has 0 aliphatic heterocycles. The van der Waals surface area contributed by atoms with E-state index in [0.29, 0.717) is 0 Å². The molecular formula is C18H17N. The molecule has 3 aromatic rings. The Morgan fingerprint density at radius 1 is 0.789 bits per heavy atom. The molecule has 0 aliphatic carbocycles. The highest BCUT2D eigenvalue weighted by atomic mass is 14.7. The van der Waals surface area contributed by atoms with Crippen LogP contribution in [0.4, 0.5) is 0 Å². The lowest BCUT2D eigenvalue weighted by Gasteiger charge is -2.10. The molecule has 0 unspecified atom stereocenters. The van der Waals surface area contributed by atoms with E-state index < -0.39 is 0 Å². The van der Waals surface area contributed by atoms with Gasteiger partial charge in [-0.15, -0.1) is 0 Å². The lowest BCUT2D eigenvalue weighted by molar-refractivity contribution is 1.31. The Morgan fingerprint density at radius 2 is 1.63 bits per heavy atom. The summed E-state index contributed by atoms with van der Waals surface area (Å²) in [5.74, 6) is 0. The van der Waals surface area contributed by atoms with Gasteiger partial charge in [0.2, 0.25) is 0 Å².